The molecule has 1 aromatic rings. The van der Waals surface area contributed by atoms with Crippen LogP contribution in [0.5, 0.6) is 0 Å². The molecule has 0 fully saturated rings. The molecule has 92 valence electrons. The van der Waals surface area contributed by atoms with Gasteiger partial charge in [0.15, 0.2) is 0 Å². The van der Waals surface area contributed by atoms with Crippen molar-refractivity contribution in [1.82, 2.24) is 0 Å². The van der Waals surface area contributed by atoms with E-state index in [-0.39, 0.29) is 12.1 Å². The number of aliphatic imine (C=N–C) groups is 1. The molecule has 1 aliphatic rings. The third-order valence-electron chi connectivity index (χ3n) is 2.89. The topological polar surface area (TPSA) is 47.6 Å². The molecule has 0 amide bonds. The number of rotatable bonds is 4. The van der Waals surface area contributed by atoms with E-state index in [1.807, 2.05) is 18.2 Å². The lowest BCUT2D eigenvalue weighted by Gasteiger charge is -2.16. The Morgan fingerprint density at radius 1 is 1.35 bits per heavy atom. The molecule has 1 aromatic carbocycles. The predicted molar refractivity (Wildman–Crippen MR) is 70.0 cm³/mol. The molecule has 0 aliphatic carbocycles. The lowest BCUT2D eigenvalue weighted by Crippen LogP contribution is -2.32. The Bertz CT molecular complexity index is 386. The number of nitrogens with two attached hydrogens (primary N) is 1. The van der Waals surface area contributed by atoms with Gasteiger partial charge in [-0.05, 0) is 17.9 Å². The minimum atomic E-state index is -0.0660. The van der Waals surface area contributed by atoms with Crippen LogP contribution < -0.4 is 5.73 Å². The average Bonchev–Trinajstić information content (AvgIpc) is 2.78. The first-order valence-electron chi connectivity index (χ1n) is 6.18. The van der Waals surface area contributed by atoms with Gasteiger partial charge in [0.1, 0.15) is 6.10 Å². The normalized spacial score (nSPS) is 21.2. The van der Waals surface area contributed by atoms with Crippen molar-refractivity contribution in [3.63, 3.8) is 0 Å². The molecular formula is C14H20N2O. The van der Waals surface area contributed by atoms with Crippen LogP contribution in [-0.4, -0.2) is 18.5 Å². The van der Waals surface area contributed by atoms with Crippen molar-refractivity contribution in [1.29, 1.82) is 0 Å². The summed E-state index contributed by atoms with van der Waals surface area (Å²) in [6.07, 6.45) is 0.963. The smallest absolute Gasteiger partial charge is 0.201 e. The van der Waals surface area contributed by atoms with Crippen LogP contribution in [-0.2, 0) is 4.74 Å². The molecule has 2 rings (SSSR count). The van der Waals surface area contributed by atoms with Crippen LogP contribution >= 0.6 is 0 Å². The highest BCUT2D eigenvalue weighted by atomic mass is 16.5. The van der Waals surface area contributed by atoms with Crippen LogP contribution in [0.2, 0.25) is 0 Å². The fourth-order valence-electron chi connectivity index (χ4n) is 2.05. The van der Waals surface area contributed by atoms with Gasteiger partial charge in [-0.3, -0.25) is 4.99 Å². The standard InChI is InChI=1S/C14H20N2O/c1-10(2)8-12(15)14-16-9-13(17-14)11-6-4-3-5-7-11/h3-7,10,12-13H,8-9,15H2,1-2H3/t12-,13?/m0/s1. The first-order chi connectivity index (χ1) is 8.16. The second-order valence-corrected chi connectivity index (χ2v) is 4.93. The van der Waals surface area contributed by atoms with Crippen molar-refractivity contribution < 1.29 is 4.74 Å². The van der Waals surface area contributed by atoms with E-state index in [0.29, 0.717) is 18.4 Å². The van der Waals surface area contributed by atoms with Gasteiger partial charge in [0.2, 0.25) is 5.90 Å². The summed E-state index contributed by atoms with van der Waals surface area (Å²) in [5, 5.41) is 0. The third kappa shape index (κ3) is 3.07. The summed E-state index contributed by atoms with van der Waals surface area (Å²) >= 11 is 0. The van der Waals surface area contributed by atoms with Crippen molar-refractivity contribution in [2.45, 2.75) is 32.4 Å². The van der Waals surface area contributed by atoms with Gasteiger partial charge in [-0.2, -0.15) is 0 Å². The van der Waals surface area contributed by atoms with Crippen molar-refractivity contribution in [3.8, 4) is 0 Å². The first kappa shape index (κ1) is 12.1. The highest BCUT2D eigenvalue weighted by Gasteiger charge is 2.25. The molecule has 2 atom stereocenters. The number of benzene rings is 1. The predicted octanol–water partition coefficient (Wildman–Crippen LogP) is 2.53. The van der Waals surface area contributed by atoms with E-state index in [0.717, 1.165) is 6.42 Å². The van der Waals surface area contributed by atoms with E-state index in [1.54, 1.807) is 0 Å². The number of nitrogens with zero attached hydrogens (tertiary/aromatic N) is 1. The molecular weight excluding hydrogens is 212 g/mol. The molecule has 1 aliphatic heterocycles. The average molecular weight is 232 g/mol. The van der Waals surface area contributed by atoms with Gasteiger partial charge in [0.25, 0.3) is 0 Å². The summed E-state index contributed by atoms with van der Waals surface area (Å²) in [6, 6.07) is 10.1. The molecule has 0 aromatic heterocycles. The quantitative estimate of drug-likeness (QED) is 0.867. The fraction of sp³-hybridized carbons (Fsp3) is 0.500. The molecule has 2 N–H and O–H groups in total. The van der Waals surface area contributed by atoms with Gasteiger partial charge in [-0.1, -0.05) is 44.2 Å². The van der Waals surface area contributed by atoms with Crippen molar-refractivity contribution in [2.24, 2.45) is 16.6 Å². The van der Waals surface area contributed by atoms with Crippen LogP contribution in [0.25, 0.3) is 0 Å². The van der Waals surface area contributed by atoms with Gasteiger partial charge in [-0.15, -0.1) is 0 Å². The number of hydrogen-bond acceptors (Lipinski definition) is 3. The molecule has 17 heavy (non-hydrogen) atoms. The number of ether oxygens (including phenoxy) is 1. The Hall–Kier alpha value is -1.35. The second kappa shape index (κ2) is 5.32. The molecule has 1 unspecified atom stereocenters. The molecule has 3 heteroatoms. The summed E-state index contributed by atoms with van der Waals surface area (Å²) in [7, 11) is 0. The summed E-state index contributed by atoms with van der Waals surface area (Å²) in [5.74, 6) is 1.28. The Labute approximate surface area is 103 Å². The molecule has 0 spiro atoms. The van der Waals surface area contributed by atoms with Crippen LogP contribution in [0.3, 0.4) is 0 Å². The Kier molecular flexibility index (Phi) is 3.79. The zero-order chi connectivity index (χ0) is 12.3. The lowest BCUT2D eigenvalue weighted by molar-refractivity contribution is 0.218. The van der Waals surface area contributed by atoms with Gasteiger partial charge < -0.3 is 10.5 Å². The highest BCUT2D eigenvalue weighted by molar-refractivity contribution is 5.83. The molecule has 0 saturated carbocycles. The van der Waals surface area contributed by atoms with Crippen LogP contribution in [0, 0.1) is 5.92 Å². The highest BCUT2D eigenvalue weighted by Crippen LogP contribution is 2.24. The van der Waals surface area contributed by atoms with Crippen molar-refractivity contribution in [2.75, 3.05) is 6.54 Å². The Morgan fingerprint density at radius 2 is 2.06 bits per heavy atom. The SMILES string of the molecule is CC(C)C[C@H](N)C1=NCC(c2ccccc2)O1. The molecule has 1 heterocycles. The minimum absolute atomic E-state index is 0.0458. The lowest BCUT2D eigenvalue weighted by atomic mass is 10.0. The van der Waals surface area contributed by atoms with Crippen molar-refractivity contribution in [3.05, 3.63) is 35.9 Å². The maximum Gasteiger partial charge on any atom is 0.201 e. The molecule has 0 bridgehead atoms. The van der Waals surface area contributed by atoms with Crippen molar-refractivity contribution >= 4 is 5.90 Å². The molecule has 0 radical (unpaired) electrons. The molecule has 3 nitrogen and oxygen atoms in total. The second-order valence-electron chi connectivity index (χ2n) is 4.93. The summed E-state index contributed by atoms with van der Waals surface area (Å²) < 4.78 is 5.84. The van der Waals surface area contributed by atoms with E-state index >= 15 is 0 Å². The minimum Gasteiger partial charge on any atom is -0.470 e. The van der Waals surface area contributed by atoms with E-state index < -0.39 is 0 Å². The van der Waals surface area contributed by atoms with E-state index in [9.17, 15) is 0 Å². The maximum atomic E-state index is 6.06. The summed E-state index contributed by atoms with van der Waals surface area (Å²) in [5.41, 5.74) is 7.23. The van der Waals surface area contributed by atoms with Crippen LogP contribution in [0.15, 0.2) is 35.3 Å². The van der Waals surface area contributed by atoms with Crippen LogP contribution in [0.1, 0.15) is 31.9 Å². The maximum absolute atomic E-state index is 6.06. The largest absolute Gasteiger partial charge is 0.470 e. The third-order valence-corrected chi connectivity index (χ3v) is 2.89. The monoisotopic (exact) mass is 232 g/mol. The fourth-order valence-corrected chi connectivity index (χ4v) is 2.05. The van der Waals surface area contributed by atoms with Gasteiger partial charge in [0, 0.05) is 0 Å². The van der Waals surface area contributed by atoms with Gasteiger partial charge in [0.05, 0.1) is 12.6 Å². The van der Waals surface area contributed by atoms with E-state index in [2.05, 4.69) is 31.0 Å². The summed E-state index contributed by atoms with van der Waals surface area (Å²) in [6.45, 7) is 5.00. The van der Waals surface area contributed by atoms with Gasteiger partial charge in [-0.25, -0.2) is 0 Å². The van der Waals surface area contributed by atoms with Crippen LogP contribution in [0.4, 0.5) is 0 Å². The molecule has 0 saturated heterocycles. The zero-order valence-electron chi connectivity index (χ0n) is 10.5. The Morgan fingerprint density at radius 3 is 2.71 bits per heavy atom. The summed E-state index contributed by atoms with van der Waals surface area (Å²) in [4.78, 5) is 4.42. The van der Waals surface area contributed by atoms with E-state index in [4.69, 9.17) is 10.5 Å². The Balaban J connectivity index is 1.95. The first-order valence-corrected chi connectivity index (χ1v) is 6.18. The number of hydrogen-bond donors (Lipinski definition) is 1. The van der Waals surface area contributed by atoms with Gasteiger partial charge >= 0.3 is 0 Å². The van der Waals surface area contributed by atoms with E-state index in [1.165, 1.54) is 5.56 Å². The zero-order valence-corrected chi connectivity index (χ0v) is 10.5.